The zero-order chi connectivity index (χ0) is 11.8. The van der Waals surface area contributed by atoms with E-state index in [4.69, 9.17) is 4.74 Å². The molecule has 1 aromatic carbocycles. The Morgan fingerprint density at radius 2 is 2.19 bits per heavy atom. The Morgan fingerprint density at radius 3 is 2.94 bits per heavy atom. The minimum absolute atomic E-state index is 0.195. The largest absolute Gasteiger partial charge is 0.385 e. The summed E-state index contributed by atoms with van der Waals surface area (Å²) in [5.74, 6) is -0.195. The Kier molecular flexibility index (Phi) is 6.61. The van der Waals surface area contributed by atoms with Gasteiger partial charge in [-0.2, -0.15) is 0 Å². The molecule has 4 heteroatoms. The van der Waals surface area contributed by atoms with Gasteiger partial charge in [0.25, 0.3) is 0 Å². The average Bonchev–Trinajstić information content (AvgIpc) is 2.28. The zero-order valence-electron chi connectivity index (χ0n) is 9.43. The Hall–Kier alpha value is -0.450. The number of halogens is 2. The van der Waals surface area contributed by atoms with Gasteiger partial charge >= 0.3 is 0 Å². The van der Waals surface area contributed by atoms with Crippen molar-refractivity contribution in [2.75, 3.05) is 20.3 Å². The third-order valence-corrected chi connectivity index (χ3v) is 3.05. The summed E-state index contributed by atoms with van der Waals surface area (Å²) in [7, 11) is 1.71. The fourth-order valence-electron chi connectivity index (χ4n) is 1.40. The fourth-order valence-corrected chi connectivity index (χ4v) is 1.79. The van der Waals surface area contributed by atoms with E-state index >= 15 is 0 Å². The smallest absolute Gasteiger partial charge is 0.123 e. The second kappa shape index (κ2) is 7.76. The van der Waals surface area contributed by atoms with Crippen LogP contribution in [0.4, 0.5) is 4.39 Å². The SMILES string of the molecule is COCCCCNCc1cc(F)ccc1Br. The molecule has 1 rings (SSSR count). The van der Waals surface area contributed by atoms with E-state index in [0.29, 0.717) is 6.54 Å². The third kappa shape index (κ3) is 5.05. The summed E-state index contributed by atoms with van der Waals surface area (Å²) in [6, 6.07) is 4.73. The number of benzene rings is 1. The Morgan fingerprint density at radius 1 is 1.38 bits per heavy atom. The Bertz CT molecular complexity index is 320. The Balaban J connectivity index is 2.23. The molecule has 0 saturated heterocycles. The van der Waals surface area contributed by atoms with E-state index in [0.717, 1.165) is 36.0 Å². The molecule has 0 bridgehead atoms. The zero-order valence-corrected chi connectivity index (χ0v) is 11.0. The standard InChI is InChI=1S/C12H17BrFNO/c1-16-7-3-2-6-15-9-10-8-11(14)4-5-12(10)13/h4-5,8,15H,2-3,6-7,9H2,1H3. The molecule has 0 heterocycles. The minimum atomic E-state index is -0.195. The van der Waals surface area contributed by atoms with Gasteiger partial charge in [0.15, 0.2) is 0 Å². The summed E-state index contributed by atoms with van der Waals surface area (Å²) in [5, 5.41) is 3.28. The number of unbranched alkanes of at least 4 members (excludes halogenated alkanes) is 1. The number of methoxy groups -OCH3 is 1. The summed E-state index contributed by atoms with van der Waals surface area (Å²) in [4.78, 5) is 0. The minimum Gasteiger partial charge on any atom is -0.385 e. The highest BCUT2D eigenvalue weighted by molar-refractivity contribution is 9.10. The molecule has 0 aromatic heterocycles. The van der Waals surface area contributed by atoms with Crippen LogP contribution in [0.25, 0.3) is 0 Å². The molecule has 0 aliphatic heterocycles. The van der Waals surface area contributed by atoms with E-state index in [9.17, 15) is 4.39 Å². The number of nitrogens with one attached hydrogen (secondary N) is 1. The van der Waals surface area contributed by atoms with Gasteiger partial charge in [-0.3, -0.25) is 0 Å². The van der Waals surface area contributed by atoms with Crippen LogP contribution in [0.1, 0.15) is 18.4 Å². The first-order valence-electron chi connectivity index (χ1n) is 5.37. The molecule has 0 saturated carbocycles. The maximum Gasteiger partial charge on any atom is 0.123 e. The lowest BCUT2D eigenvalue weighted by atomic mass is 10.2. The molecule has 0 atom stereocenters. The normalized spacial score (nSPS) is 10.7. The quantitative estimate of drug-likeness (QED) is 0.779. The molecule has 90 valence electrons. The van der Waals surface area contributed by atoms with Crippen LogP contribution in [0.15, 0.2) is 22.7 Å². The second-order valence-corrected chi connectivity index (χ2v) is 4.47. The van der Waals surface area contributed by atoms with Gasteiger partial charge in [-0.25, -0.2) is 4.39 Å². The van der Waals surface area contributed by atoms with E-state index in [2.05, 4.69) is 21.2 Å². The molecule has 1 aromatic rings. The van der Waals surface area contributed by atoms with Gasteiger partial charge in [0.2, 0.25) is 0 Å². The molecule has 0 aliphatic carbocycles. The summed E-state index contributed by atoms with van der Waals surface area (Å²) in [5.41, 5.74) is 0.951. The van der Waals surface area contributed by atoms with Gasteiger partial charge in [-0.1, -0.05) is 15.9 Å². The van der Waals surface area contributed by atoms with Gasteiger partial charge in [-0.05, 0) is 43.1 Å². The summed E-state index contributed by atoms with van der Waals surface area (Å²) < 4.78 is 18.9. The Labute approximate surface area is 104 Å². The number of ether oxygens (including phenoxy) is 1. The molecule has 0 radical (unpaired) electrons. The number of hydrogen-bond donors (Lipinski definition) is 1. The van der Waals surface area contributed by atoms with Crippen LogP contribution in [0.5, 0.6) is 0 Å². The molecule has 16 heavy (non-hydrogen) atoms. The average molecular weight is 290 g/mol. The number of rotatable bonds is 7. The van der Waals surface area contributed by atoms with Crippen molar-refractivity contribution in [2.24, 2.45) is 0 Å². The van der Waals surface area contributed by atoms with E-state index in [1.165, 1.54) is 6.07 Å². The van der Waals surface area contributed by atoms with Crippen molar-refractivity contribution < 1.29 is 9.13 Å². The maximum absolute atomic E-state index is 13.0. The molecule has 0 unspecified atom stereocenters. The molecule has 0 fully saturated rings. The van der Waals surface area contributed by atoms with E-state index in [-0.39, 0.29) is 5.82 Å². The monoisotopic (exact) mass is 289 g/mol. The van der Waals surface area contributed by atoms with Crippen molar-refractivity contribution >= 4 is 15.9 Å². The molecule has 2 nitrogen and oxygen atoms in total. The van der Waals surface area contributed by atoms with E-state index in [1.54, 1.807) is 19.2 Å². The summed E-state index contributed by atoms with van der Waals surface area (Å²) in [6.45, 7) is 2.41. The van der Waals surface area contributed by atoms with Crippen molar-refractivity contribution in [3.05, 3.63) is 34.1 Å². The first kappa shape index (κ1) is 13.6. The number of hydrogen-bond acceptors (Lipinski definition) is 2. The second-order valence-electron chi connectivity index (χ2n) is 3.61. The van der Waals surface area contributed by atoms with Gasteiger partial charge in [0.05, 0.1) is 0 Å². The fraction of sp³-hybridized carbons (Fsp3) is 0.500. The first-order chi connectivity index (χ1) is 7.74. The van der Waals surface area contributed by atoms with Crippen LogP contribution >= 0.6 is 15.9 Å². The summed E-state index contributed by atoms with van der Waals surface area (Å²) >= 11 is 3.40. The highest BCUT2D eigenvalue weighted by Gasteiger charge is 2.00. The lowest BCUT2D eigenvalue weighted by molar-refractivity contribution is 0.192. The van der Waals surface area contributed by atoms with Gasteiger partial charge in [0, 0.05) is 24.7 Å². The van der Waals surface area contributed by atoms with Gasteiger partial charge in [0.1, 0.15) is 5.82 Å². The topological polar surface area (TPSA) is 21.3 Å². The van der Waals surface area contributed by atoms with Crippen molar-refractivity contribution in [3.8, 4) is 0 Å². The van der Waals surface area contributed by atoms with Crippen molar-refractivity contribution in [1.29, 1.82) is 0 Å². The van der Waals surface area contributed by atoms with Crippen LogP contribution in [0.2, 0.25) is 0 Å². The van der Waals surface area contributed by atoms with E-state index in [1.807, 2.05) is 0 Å². The molecule has 0 aliphatic rings. The van der Waals surface area contributed by atoms with Crippen molar-refractivity contribution in [1.82, 2.24) is 5.32 Å². The molecular weight excluding hydrogens is 273 g/mol. The van der Waals surface area contributed by atoms with Gasteiger partial charge in [-0.15, -0.1) is 0 Å². The third-order valence-electron chi connectivity index (χ3n) is 2.28. The lowest BCUT2D eigenvalue weighted by Crippen LogP contribution is -2.15. The molecule has 1 N–H and O–H groups in total. The molecule has 0 amide bonds. The maximum atomic E-state index is 13.0. The first-order valence-corrected chi connectivity index (χ1v) is 6.17. The van der Waals surface area contributed by atoms with Crippen LogP contribution in [-0.2, 0) is 11.3 Å². The highest BCUT2D eigenvalue weighted by atomic mass is 79.9. The van der Waals surface area contributed by atoms with Crippen LogP contribution in [0.3, 0.4) is 0 Å². The van der Waals surface area contributed by atoms with Crippen molar-refractivity contribution in [3.63, 3.8) is 0 Å². The molecular formula is C12H17BrFNO. The van der Waals surface area contributed by atoms with Crippen LogP contribution in [-0.4, -0.2) is 20.3 Å². The van der Waals surface area contributed by atoms with E-state index < -0.39 is 0 Å². The van der Waals surface area contributed by atoms with Crippen molar-refractivity contribution in [2.45, 2.75) is 19.4 Å². The van der Waals surface area contributed by atoms with Crippen LogP contribution < -0.4 is 5.32 Å². The van der Waals surface area contributed by atoms with Crippen LogP contribution in [0, 0.1) is 5.82 Å². The molecule has 0 spiro atoms. The summed E-state index contributed by atoms with van der Waals surface area (Å²) in [6.07, 6.45) is 2.12. The predicted octanol–water partition coefficient (Wildman–Crippen LogP) is 3.10. The lowest BCUT2D eigenvalue weighted by Gasteiger charge is -2.06. The highest BCUT2D eigenvalue weighted by Crippen LogP contribution is 2.17. The van der Waals surface area contributed by atoms with Gasteiger partial charge < -0.3 is 10.1 Å². The predicted molar refractivity (Wildman–Crippen MR) is 66.9 cm³/mol.